The number of ether oxygens (including phenoxy) is 1. The highest BCUT2D eigenvalue weighted by Gasteiger charge is 2.22. The van der Waals surface area contributed by atoms with Gasteiger partial charge in [0.1, 0.15) is 18.1 Å². The van der Waals surface area contributed by atoms with E-state index in [1.165, 1.54) is 24.2 Å². The number of phenols is 1. The Bertz CT molecular complexity index is 1280. The SMILES string of the molecule is CC1CCCN(CCOc2ccc(C(=O)c3c(-c4ccccc4)sc4cc(O)ccc34)cc2)C1. The Morgan fingerprint density at radius 3 is 2.65 bits per heavy atom. The fraction of sp³-hybridized carbons (Fsp3) is 0.276. The predicted octanol–water partition coefficient (Wildman–Crippen LogP) is 6.62. The number of thiophene rings is 1. The third-order valence-electron chi connectivity index (χ3n) is 6.47. The summed E-state index contributed by atoms with van der Waals surface area (Å²) in [6.45, 7) is 6.19. The van der Waals surface area contributed by atoms with E-state index in [-0.39, 0.29) is 11.5 Å². The minimum Gasteiger partial charge on any atom is -0.508 e. The predicted molar refractivity (Wildman–Crippen MR) is 139 cm³/mol. The van der Waals surface area contributed by atoms with Crippen molar-refractivity contribution >= 4 is 27.2 Å². The zero-order chi connectivity index (χ0) is 23.5. The van der Waals surface area contributed by atoms with E-state index in [0.717, 1.165) is 51.8 Å². The van der Waals surface area contributed by atoms with Crippen molar-refractivity contribution in [3.63, 3.8) is 0 Å². The second kappa shape index (κ2) is 10.00. The molecule has 0 bridgehead atoms. The lowest BCUT2D eigenvalue weighted by molar-refractivity contribution is 0.104. The van der Waals surface area contributed by atoms with E-state index in [9.17, 15) is 9.90 Å². The third-order valence-corrected chi connectivity index (χ3v) is 7.67. The molecule has 1 atom stereocenters. The van der Waals surface area contributed by atoms with Gasteiger partial charge in [0.05, 0.1) is 0 Å². The second-order valence-corrected chi connectivity index (χ2v) is 10.2. The number of piperidine rings is 1. The van der Waals surface area contributed by atoms with Gasteiger partial charge in [-0.05, 0) is 73.3 Å². The van der Waals surface area contributed by atoms with Crippen LogP contribution in [0.3, 0.4) is 0 Å². The molecule has 1 fully saturated rings. The number of hydrogen-bond donors (Lipinski definition) is 1. The topological polar surface area (TPSA) is 49.8 Å². The minimum atomic E-state index is -0.0235. The van der Waals surface area contributed by atoms with Gasteiger partial charge in [-0.3, -0.25) is 9.69 Å². The van der Waals surface area contributed by atoms with Crippen molar-refractivity contribution in [3.8, 4) is 21.9 Å². The van der Waals surface area contributed by atoms with Crippen molar-refractivity contribution in [2.75, 3.05) is 26.2 Å². The molecular weight excluding hydrogens is 442 g/mol. The van der Waals surface area contributed by atoms with Gasteiger partial charge >= 0.3 is 0 Å². The van der Waals surface area contributed by atoms with Crippen LogP contribution < -0.4 is 4.74 Å². The fourth-order valence-electron chi connectivity index (χ4n) is 4.73. The summed E-state index contributed by atoms with van der Waals surface area (Å²) in [6.07, 6.45) is 2.58. The van der Waals surface area contributed by atoms with Crippen LogP contribution in [0.25, 0.3) is 20.5 Å². The molecule has 1 aliphatic heterocycles. The summed E-state index contributed by atoms with van der Waals surface area (Å²) >= 11 is 1.53. The van der Waals surface area contributed by atoms with Crippen LogP contribution in [-0.2, 0) is 0 Å². The first kappa shape index (κ1) is 22.6. The molecule has 5 rings (SSSR count). The van der Waals surface area contributed by atoms with Gasteiger partial charge in [0.15, 0.2) is 5.78 Å². The van der Waals surface area contributed by atoms with Crippen LogP contribution in [0.2, 0.25) is 0 Å². The number of nitrogens with zero attached hydrogens (tertiary/aromatic N) is 1. The zero-order valence-corrected chi connectivity index (χ0v) is 20.2. The number of fused-ring (bicyclic) bond motifs is 1. The molecule has 1 saturated heterocycles. The lowest BCUT2D eigenvalue weighted by Crippen LogP contribution is -2.37. The molecule has 1 unspecified atom stereocenters. The van der Waals surface area contributed by atoms with Gasteiger partial charge < -0.3 is 9.84 Å². The van der Waals surface area contributed by atoms with E-state index in [0.29, 0.717) is 17.7 Å². The molecule has 3 aromatic carbocycles. The number of likely N-dealkylation sites (tertiary alicyclic amines) is 1. The highest BCUT2D eigenvalue weighted by Crippen LogP contribution is 2.41. The minimum absolute atomic E-state index is 0.0235. The first-order valence-electron chi connectivity index (χ1n) is 11.9. The molecule has 34 heavy (non-hydrogen) atoms. The Kier molecular flexibility index (Phi) is 6.66. The number of ketones is 1. The van der Waals surface area contributed by atoms with Gasteiger partial charge in [-0.1, -0.05) is 37.3 Å². The first-order chi connectivity index (χ1) is 16.6. The van der Waals surface area contributed by atoms with Crippen molar-refractivity contribution in [1.82, 2.24) is 4.90 Å². The van der Waals surface area contributed by atoms with Crippen LogP contribution in [0.5, 0.6) is 11.5 Å². The maximum Gasteiger partial charge on any atom is 0.195 e. The molecule has 0 saturated carbocycles. The average molecular weight is 472 g/mol. The maximum absolute atomic E-state index is 13.7. The molecule has 0 radical (unpaired) electrons. The number of benzene rings is 3. The van der Waals surface area contributed by atoms with Crippen LogP contribution >= 0.6 is 11.3 Å². The summed E-state index contributed by atoms with van der Waals surface area (Å²) in [5.74, 6) is 1.72. The third kappa shape index (κ3) is 4.86. The Labute approximate surface area is 204 Å². The largest absolute Gasteiger partial charge is 0.508 e. The number of hydrogen-bond acceptors (Lipinski definition) is 5. The molecule has 5 heteroatoms. The quantitative estimate of drug-likeness (QED) is 0.308. The van der Waals surface area contributed by atoms with Crippen molar-refractivity contribution in [3.05, 3.63) is 83.9 Å². The van der Waals surface area contributed by atoms with Crippen LogP contribution in [0, 0.1) is 5.92 Å². The Balaban J connectivity index is 1.35. The van der Waals surface area contributed by atoms with E-state index >= 15 is 0 Å². The lowest BCUT2D eigenvalue weighted by Gasteiger charge is -2.30. The molecule has 4 aromatic rings. The van der Waals surface area contributed by atoms with Crippen LogP contribution in [0.15, 0.2) is 72.8 Å². The van der Waals surface area contributed by atoms with Crippen molar-refractivity contribution in [2.24, 2.45) is 5.92 Å². The van der Waals surface area contributed by atoms with Crippen LogP contribution in [0.1, 0.15) is 35.7 Å². The first-order valence-corrected chi connectivity index (χ1v) is 12.7. The van der Waals surface area contributed by atoms with Crippen molar-refractivity contribution in [1.29, 1.82) is 0 Å². The van der Waals surface area contributed by atoms with Gasteiger partial charge in [0.2, 0.25) is 0 Å². The molecule has 0 spiro atoms. The Morgan fingerprint density at radius 2 is 1.88 bits per heavy atom. The number of rotatable bonds is 7. The van der Waals surface area contributed by atoms with Gasteiger partial charge in [-0.2, -0.15) is 0 Å². The van der Waals surface area contributed by atoms with Crippen molar-refractivity contribution in [2.45, 2.75) is 19.8 Å². The highest BCUT2D eigenvalue weighted by atomic mass is 32.1. The molecule has 2 heterocycles. The number of aromatic hydroxyl groups is 1. The summed E-state index contributed by atoms with van der Waals surface area (Å²) in [5, 5.41) is 10.8. The molecule has 1 aliphatic rings. The number of carbonyl (C=O) groups excluding carboxylic acids is 1. The summed E-state index contributed by atoms with van der Waals surface area (Å²) in [4.78, 5) is 17.0. The highest BCUT2D eigenvalue weighted by molar-refractivity contribution is 7.22. The molecule has 174 valence electrons. The zero-order valence-electron chi connectivity index (χ0n) is 19.4. The summed E-state index contributed by atoms with van der Waals surface area (Å²) in [5.41, 5.74) is 2.31. The molecule has 0 amide bonds. The molecule has 0 aliphatic carbocycles. The van der Waals surface area contributed by atoms with E-state index in [4.69, 9.17) is 4.74 Å². The number of phenolic OH excluding ortho intramolecular Hbond substituents is 1. The normalized spacial score (nSPS) is 16.6. The second-order valence-electron chi connectivity index (χ2n) is 9.10. The summed E-state index contributed by atoms with van der Waals surface area (Å²) in [6, 6.07) is 22.6. The van der Waals surface area contributed by atoms with Gasteiger partial charge in [0.25, 0.3) is 0 Å². The van der Waals surface area contributed by atoms with E-state index in [2.05, 4.69) is 11.8 Å². The van der Waals surface area contributed by atoms with Gasteiger partial charge in [-0.15, -0.1) is 11.3 Å². The summed E-state index contributed by atoms with van der Waals surface area (Å²) in [7, 11) is 0. The average Bonchev–Trinajstić information content (AvgIpc) is 3.23. The Morgan fingerprint density at radius 1 is 1.09 bits per heavy atom. The smallest absolute Gasteiger partial charge is 0.195 e. The van der Waals surface area contributed by atoms with Crippen LogP contribution in [0.4, 0.5) is 0 Å². The maximum atomic E-state index is 13.7. The lowest BCUT2D eigenvalue weighted by atomic mass is 9.97. The Hall–Kier alpha value is -3.15. The monoisotopic (exact) mass is 471 g/mol. The van der Waals surface area contributed by atoms with E-state index < -0.39 is 0 Å². The molecular formula is C29H29NO3S. The molecule has 1 N–H and O–H groups in total. The number of carbonyl (C=O) groups is 1. The summed E-state index contributed by atoms with van der Waals surface area (Å²) < 4.78 is 6.86. The fourth-order valence-corrected chi connectivity index (χ4v) is 5.97. The van der Waals surface area contributed by atoms with Crippen LogP contribution in [-0.4, -0.2) is 42.0 Å². The van der Waals surface area contributed by atoms with E-state index in [1.54, 1.807) is 12.1 Å². The van der Waals surface area contributed by atoms with Gasteiger partial charge in [-0.25, -0.2) is 0 Å². The molecule has 4 nitrogen and oxygen atoms in total. The van der Waals surface area contributed by atoms with Gasteiger partial charge in [0, 0.05) is 39.2 Å². The van der Waals surface area contributed by atoms with E-state index in [1.807, 2.05) is 60.7 Å². The van der Waals surface area contributed by atoms with Crippen molar-refractivity contribution < 1.29 is 14.6 Å². The molecule has 1 aromatic heterocycles. The standard InChI is InChI=1S/C29H29NO3S/c1-20-6-5-15-30(19-20)16-17-33-24-12-9-21(10-13-24)28(32)27-25-14-11-23(31)18-26(25)34-29(27)22-7-3-2-4-8-22/h2-4,7-14,18,20,31H,5-6,15-17,19H2,1H3.